The number of hydrogen-bond donors (Lipinski definition) is 1. The van der Waals surface area contributed by atoms with Crippen LogP contribution in [0.1, 0.15) is 45.2 Å². The highest BCUT2D eigenvalue weighted by Crippen LogP contribution is 2.34. The summed E-state index contributed by atoms with van der Waals surface area (Å²) >= 11 is 0. The lowest BCUT2D eigenvalue weighted by molar-refractivity contribution is 0.292. The average Bonchev–Trinajstić information content (AvgIpc) is 2.27. The summed E-state index contributed by atoms with van der Waals surface area (Å²) in [5.74, 6) is 0. The third-order valence-corrected chi connectivity index (χ3v) is 3.67. The third kappa shape index (κ3) is 2.81. The number of para-hydroxylation sites is 1. The number of hydrogen-bond acceptors (Lipinski definition) is 2. The Hall–Kier alpha value is -1.02. The Bertz CT molecular complexity index is 382. The van der Waals surface area contributed by atoms with Crippen LogP contribution >= 0.6 is 0 Å². The minimum Gasteiger partial charge on any atom is -0.371 e. The van der Waals surface area contributed by atoms with E-state index in [9.17, 15) is 0 Å². The molecule has 94 valence electrons. The molecule has 2 N–H and O–H groups in total. The third-order valence-electron chi connectivity index (χ3n) is 3.67. The summed E-state index contributed by atoms with van der Waals surface area (Å²) in [7, 11) is 0. The van der Waals surface area contributed by atoms with Gasteiger partial charge in [0.2, 0.25) is 0 Å². The van der Waals surface area contributed by atoms with Crippen molar-refractivity contribution in [3.05, 3.63) is 29.8 Å². The van der Waals surface area contributed by atoms with Crippen molar-refractivity contribution in [2.24, 2.45) is 11.1 Å². The van der Waals surface area contributed by atoms with Crippen LogP contribution in [-0.4, -0.2) is 13.1 Å². The Kier molecular flexibility index (Phi) is 3.43. The molecule has 0 radical (unpaired) electrons. The van der Waals surface area contributed by atoms with Crippen molar-refractivity contribution in [2.75, 3.05) is 18.0 Å². The summed E-state index contributed by atoms with van der Waals surface area (Å²) in [6, 6.07) is 8.66. The van der Waals surface area contributed by atoms with E-state index >= 15 is 0 Å². The molecule has 1 saturated heterocycles. The van der Waals surface area contributed by atoms with Crippen molar-refractivity contribution < 1.29 is 0 Å². The van der Waals surface area contributed by atoms with Gasteiger partial charge < -0.3 is 10.6 Å². The molecule has 1 fully saturated rings. The summed E-state index contributed by atoms with van der Waals surface area (Å²) < 4.78 is 0. The number of rotatable bonds is 2. The maximum absolute atomic E-state index is 6.06. The van der Waals surface area contributed by atoms with Crippen molar-refractivity contribution >= 4 is 5.69 Å². The Balaban J connectivity index is 2.27. The van der Waals surface area contributed by atoms with Crippen molar-refractivity contribution in [1.82, 2.24) is 0 Å². The van der Waals surface area contributed by atoms with Crippen molar-refractivity contribution in [3.8, 4) is 0 Å². The summed E-state index contributed by atoms with van der Waals surface area (Å²) in [6.45, 7) is 9.07. The van der Waals surface area contributed by atoms with Crippen LogP contribution in [0.5, 0.6) is 0 Å². The number of anilines is 1. The molecule has 2 nitrogen and oxygen atoms in total. The molecule has 0 aromatic heterocycles. The van der Waals surface area contributed by atoms with Gasteiger partial charge in [0.1, 0.15) is 0 Å². The first kappa shape index (κ1) is 12.4. The van der Waals surface area contributed by atoms with E-state index < -0.39 is 0 Å². The molecule has 1 aliphatic rings. The quantitative estimate of drug-likeness (QED) is 0.847. The predicted molar refractivity (Wildman–Crippen MR) is 74.3 cm³/mol. The first-order chi connectivity index (χ1) is 7.99. The first-order valence-electron chi connectivity index (χ1n) is 6.59. The number of piperidine rings is 1. The number of nitrogens with zero attached hydrogens (tertiary/aromatic N) is 1. The van der Waals surface area contributed by atoms with Gasteiger partial charge >= 0.3 is 0 Å². The van der Waals surface area contributed by atoms with Gasteiger partial charge in [0, 0.05) is 24.8 Å². The highest BCUT2D eigenvalue weighted by molar-refractivity contribution is 5.55. The molecule has 2 rings (SSSR count). The highest BCUT2D eigenvalue weighted by Gasteiger charge is 2.27. The molecule has 1 heterocycles. The molecule has 0 bridgehead atoms. The van der Waals surface area contributed by atoms with E-state index in [0.717, 1.165) is 13.1 Å². The van der Waals surface area contributed by atoms with E-state index in [1.54, 1.807) is 0 Å². The average molecular weight is 232 g/mol. The molecule has 0 saturated carbocycles. The Morgan fingerprint density at radius 2 is 2.00 bits per heavy atom. The smallest absolute Gasteiger partial charge is 0.0414 e. The van der Waals surface area contributed by atoms with Crippen molar-refractivity contribution in [2.45, 2.75) is 39.7 Å². The second-order valence-corrected chi connectivity index (χ2v) is 6.04. The molecule has 0 unspecified atom stereocenters. The predicted octanol–water partition coefficient (Wildman–Crippen LogP) is 3.33. The fraction of sp³-hybridized carbons (Fsp3) is 0.600. The van der Waals surface area contributed by atoms with Gasteiger partial charge in [0.15, 0.2) is 0 Å². The van der Waals surface area contributed by atoms with Crippen LogP contribution in [0.2, 0.25) is 0 Å². The van der Waals surface area contributed by atoms with Crippen LogP contribution in [0.4, 0.5) is 5.69 Å². The molecule has 1 aromatic rings. The molecule has 0 spiro atoms. The Morgan fingerprint density at radius 3 is 2.65 bits per heavy atom. The van der Waals surface area contributed by atoms with Crippen LogP contribution in [0.3, 0.4) is 0 Å². The van der Waals surface area contributed by atoms with Crippen LogP contribution in [0, 0.1) is 5.41 Å². The Labute approximate surface area is 105 Å². The monoisotopic (exact) mass is 232 g/mol. The van der Waals surface area contributed by atoms with Crippen LogP contribution in [0.25, 0.3) is 0 Å². The molecule has 17 heavy (non-hydrogen) atoms. The largest absolute Gasteiger partial charge is 0.371 e. The summed E-state index contributed by atoms with van der Waals surface area (Å²) in [5.41, 5.74) is 9.08. The molecule has 1 aliphatic heterocycles. The lowest BCUT2D eigenvalue weighted by atomic mass is 9.83. The molecule has 1 atom stereocenters. The minimum atomic E-state index is 0.108. The number of benzene rings is 1. The Morgan fingerprint density at radius 1 is 1.29 bits per heavy atom. The van der Waals surface area contributed by atoms with Gasteiger partial charge in [-0.2, -0.15) is 0 Å². The van der Waals surface area contributed by atoms with Gasteiger partial charge in [-0.15, -0.1) is 0 Å². The maximum Gasteiger partial charge on any atom is 0.0414 e. The molecular weight excluding hydrogens is 208 g/mol. The SMILES string of the molecule is C[C@@H](N)c1ccccc1N1CCCC(C)(C)C1. The summed E-state index contributed by atoms with van der Waals surface area (Å²) in [5, 5.41) is 0. The van der Waals surface area contributed by atoms with Gasteiger partial charge in [0.05, 0.1) is 0 Å². The fourth-order valence-corrected chi connectivity index (χ4v) is 2.79. The summed E-state index contributed by atoms with van der Waals surface area (Å²) in [6.07, 6.45) is 2.60. The van der Waals surface area contributed by atoms with E-state index in [2.05, 4.69) is 49.9 Å². The van der Waals surface area contributed by atoms with Gasteiger partial charge in [-0.05, 0) is 36.8 Å². The fourth-order valence-electron chi connectivity index (χ4n) is 2.79. The van der Waals surface area contributed by atoms with Gasteiger partial charge in [-0.3, -0.25) is 0 Å². The van der Waals surface area contributed by atoms with Crippen molar-refractivity contribution in [1.29, 1.82) is 0 Å². The molecule has 0 aliphatic carbocycles. The van der Waals surface area contributed by atoms with Crippen molar-refractivity contribution in [3.63, 3.8) is 0 Å². The maximum atomic E-state index is 6.06. The van der Waals surface area contributed by atoms with Crippen LogP contribution in [-0.2, 0) is 0 Å². The standard InChI is InChI=1S/C15H24N2/c1-12(16)13-7-4-5-8-14(13)17-10-6-9-15(2,3)11-17/h4-5,7-8,12H,6,9-11,16H2,1-3H3/t12-/m1/s1. The second kappa shape index (κ2) is 4.69. The topological polar surface area (TPSA) is 29.3 Å². The lowest BCUT2D eigenvalue weighted by Gasteiger charge is -2.40. The summed E-state index contributed by atoms with van der Waals surface area (Å²) in [4.78, 5) is 2.50. The van der Waals surface area contributed by atoms with Gasteiger partial charge in [-0.1, -0.05) is 32.0 Å². The molecule has 0 amide bonds. The second-order valence-electron chi connectivity index (χ2n) is 6.04. The van der Waals surface area contributed by atoms with Gasteiger partial charge in [0.25, 0.3) is 0 Å². The zero-order chi connectivity index (χ0) is 12.5. The van der Waals surface area contributed by atoms with E-state index in [1.807, 2.05) is 0 Å². The molecule has 2 heteroatoms. The zero-order valence-corrected chi connectivity index (χ0v) is 11.2. The van der Waals surface area contributed by atoms with Gasteiger partial charge in [-0.25, -0.2) is 0 Å². The van der Waals surface area contributed by atoms with Crippen LogP contribution < -0.4 is 10.6 Å². The van der Waals surface area contributed by atoms with E-state index in [1.165, 1.54) is 24.1 Å². The normalized spacial score (nSPS) is 21.3. The lowest BCUT2D eigenvalue weighted by Crippen LogP contribution is -2.40. The van der Waals surface area contributed by atoms with E-state index in [4.69, 9.17) is 5.73 Å². The highest BCUT2D eigenvalue weighted by atomic mass is 15.1. The molecular formula is C15H24N2. The van der Waals surface area contributed by atoms with E-state index in [0.29, 0.717) is 5.41 Å². The van der Waals surface area contributed by atoms with E-state index in [-0.39, 0.29) is 6.04 Å². The zero-order valence-electron chi connectivity index (χ0n) is 11.2. The minimum absolute atomic E-state index is 0.108. The first-order valence-corrected chi connectivity index (χ1v) is 6.59. The number of nitrogens with two attached hydrogens (primary N) is 1. The molecule has 1 aromatic carbocycles. The van der Waals surface area contributed by atoms with Crippen LogP contribution in [0.15, 0.2) is 24.3 Å².